The molecule has 20 heavy (non-hydrogen) atoms. The first-order valence-electron chi connectivity index (χ1n) is 6.34. The lowest BCUT2D eigenvalue weighted by Crippen LogP contribution is -2.45. The Balaban J connectivity index is 2.32. The van der Waals surface area contributed by atoms with Crippen molar-refractivity contribution in [2.24, 2.45) is 0 Å². The van der Waals surface area contributed by atoms with E-state index >= 15 is 0 Å². The Hall–Kier alpha value is -1.49. The second-order valence-corrected chi connectivity index (χ2v) is 6.49. The summed E-state index contributed by atoms with van der Waals surface area (Å²) in [5.41, 5.74) is -0.509. The number of rotatable bonds is 3. The standard InChI is InChI=1S/C13H15FN2O3S/c14-10-4-3-7-13(9(10)8-15)20(18,19)16-11-5-1-2-6-12(11)17/h3-4,7,11-12,16-17H,1-2,5-6H2/t11-,12-/m0/s1. The lowest BCUT2D eigenvalue weighted by Gasteiger charge is -2.28. The zero-order valence-electron chi connectivity index (χ0n) is 10.7. The number of benzene rings is 1. The molecule has 1 aliphatic rings. The van der Waals surface area contributed by atoms with E-state index in [4.69, 9.17) is 5.26 Å². The summed E-state index contributed by atoms with van der Waals surface area (Å²) in [5.74, 6) is -0.875. The van der Waals surface area contributed by atoms with E-state index in [1.807, 2.05) is 0 Å². The normalized spacial score (nSPS) is 23.2. The van der Waals surface area contributed by atoms with Crippen LogP contribution in [0.25, 0.3) is 0 Å². The van der Waals surface area contributed by atoms with Gasteiger partial charge >= 0.3 is 0 Å². The molecular formula is C13H15FN2O3S. The van der Waals surface area contributed by atoms with Crippen molar-refractivity contribution >= 4 is 10.0 Å². The maximum atomic E-state index is 13.5. The Kier molecular flexibility index (Phi) is 4.38. The van der Waals surface area contributed by atoms with Gasteiger partial charge in [0.05, 0.1) is 6.10 Å². The minimum atomic E-state index is -4.03. The minimum Gasteiger partial charge on any atom is -0.391 e. The third kappa shape index (κ3) is 2.98. The average Bonchev–Trinajstić information content (AvgIpc) is 2.41. The van der Waals surface area contributed by atoms with Crippen LogP contribution in [0.5, 0.6) is 0 Å². The van der Waals surface area contributed by atoms with E-state index < -0.39 is 38.4 Å². The predicted molar refractivity (Wildman–Crippen MR) is 69.7 cm³/mol. The molecule has 0 aliphatic heterocycles. The molecule has 1 fully saturated rings. The van der Waals surface area contributed by atoms with Gasteiger partial charge in [-0.25, -0.2) is 17.5 Å². The molecule has 0 spiro atoms. The van der Waals surface area contributed by atoms with Gasteiger partial charge < -0.3 is 5.11 Å². The molecule has 0 radical (unpaired) electrons. The van der Waals surface area contributed by atoms with E-state index in [2.05, 4.69) is 4.72 Å². The molecule has 0 unspecified atom stereocenters. The Morgan fingerprint density at radius 2 is 2.05 bits per heavy atom. The highest BCUT2D eigenvalue weighted by Gasteiger charge is 2.30. The number of nitriles is 1. The third-order valence-electron chi connectivity index (χ3n) is 3.41. The number of sulfonamides is 1. The van der Waals surface area contributed by atoms with E-state index in [1.54, 1.807) is 6.07 Å². The van der Waals surface area contributed by atoms with E-state index in [1.165, 1.54) is 12.1 Å². The first kappa shape index (κ1) is 14.9. The summed E-state index contributed by atoms with van der Waals surface area (Å²) in [7, 11) is -4.03. The van der Waals surface area contributed by atoms with Crippen LogP contribution < -0.4 is 4.72 Å². The molecule has 1 saturated carbocycles. The highest BCUT2D eigenvalue weighted by Crippen LogP contribution is 2.22. The van der Waals surface area contributed by atoms with Crippen molar-refractivity contribution in [3.05, 3.63) is 29.6 Å². The second kappa shape index (κ2) is 5.87. The molecule has 0 bridgehead atoms. The lowest BCUT2D eigenvalue weighted by molar-refractivity contribution is 0.101. The van der Waals surface area contributed by atoms with E-state index in [0.717, 1.165) is 18.9 Å². The van der Waals surface area contributed by atoms with Gasteiger partial charge in [-0.05, 0) is 25.0 Å². The fourth-order valence-electron chi connectivity index (χ4n) is 2.35. The third-order valence-corrected chi connectivity index (χ3v) is 4.94. The highest BCUT2D eigenvalue weighted by atomic mass is 32.2. The smallest absolute Gasteiger partial charge is 0.242 e. The van der Waals surface area contributed by atoms with Gasteiger partial charge in [-0.15, -0.1) is 0 Å². The van der Waals surface area contributed by atoms with E-state index in [-0.39, 0.29) is 0 Å². The van der Waals surface area contributed by atoms with Gasteiger partial charge in [0.25, 0.3) is 0 Å². The highest BCUT2D eigenvalue weighted by molar-refractivity contribution is 7.89. The van der Waals surface area contributed by atoms with Crippen molar-refractivity contribution in [2.75, 3.05) is 0 Å². The van der Waals surface area contributed by atoms with Crippen molar-refractivity contribution in [1.82, 2.24) is 4.72 Å². The predicted octanol–water partition coefficient (Wildman–Crippen LogP) is 1.28. The second-order valence-electron chi connectivity index (χ2n) is 4.80. The number of nitrogens with one attached hydrogen (secondary N) is 1. The van der Waals surface area contributed by atoms with Crippen LogP contribution in [0, 0.1) is 17.1 Å². The number of hydrogen-bond donors (Lipinski definition) is 2. The molecule has 1 aromatic carbocycles. The van der Waals surface area contributed by atoms with Crippen LogP contribution in [0.4, 0.5) is 4.39 Å². The average molecular weight is 298 g/mol. The molecule has 0 amide bonds. The monoisotopic (exact) mass is 298 g/mol. The van der Waals surface area contributed by atoms with Crippen LogP contribution in [-0.2, 0) is 10.0 Å². The number of halogens is 1. The fourth-order valence-corrected chi connectivity index (χ4v) is 3.82. The van der Waals surface area contributed by atoms with E-state index in [0.29, 0.717) is 12.8 Å². The van der Waals surface area contributed by atoms with Crippen molar-refractivity contribution in [3.8, 4) is 6.07 Å². The summed E-state index contributed by atoms with van der Waals surface area (Å²) in [6.45, 7) is 0. The van der Waals surface area contributed by atoms with Crippen LogP contribution in [0.1, 0.15) is 31.2 Å². The van der Waals surface area contributed by atoms with Crippen molar-refractivity contribution in [3.63, 3.8) is 0 Å². The van der Waals surface area contributed by atoms with Crippen LogP contribution in [0.3, 0.4) is 0 Å². The fraction of sp³-hybridized carbons (Fsp3) is 0.462. The molecule has 0 aromatic heterocycles. The molecule has 2 rings (SSSR count). The molecule has 1 aromatic rings. The molecule has 0 heterocycles. The summed E-state index contributed by atoms with van der Waals surface area (Å²) >= 11 is 0. The molecule has 7 heteroatoms. The number of hydrogen-bond acceptors (Lipinski definition) is 4. The number of aliphatic hydroxyl groups excluding tert-OH is 1. The Bertz CT molecular complexity index is 640. The maximum absolute atomic E-state index is 13.5. The summed E-state index contributed by atoms with van der Waals surface area (Å²) < 4.78 is 40.3. The first-order valence-corrected chi connectivity index (χ1v) is 7.83. The maximum Gasteiger partial charge on any atom is 0.242 e. The van der Waals surface area contributed by atoms with Crippen molar-refractivity contribution < 1.29 is 17.9 Å². The van der Waals surface area contributed by atoms with Gasteiger partial charge in [0, 0.05) is 6.04 Å². The molecule has 1 aliphatic carbocycles. The van der Waals surface area contributed by atoms with Crippen molar-refractivity contribution in [1.29, 1.82) is 5.26 Å². The number of aliphatic hydroxyl groups is 1. The molecule has 108 valence electrons. The molecule has 0 saturated heterocycles. The van der Waals surface area contributed by atoms with Gasteiger partial charge in [-0.2, -0.15) is 5.26 Å². The van der Waals surface area contributed by atoms with Gasteiger partial charge in [0.2, 0.25) is 10.0 Å². The van der Waals surface area contributed by atoms with E-state index in [9.17, 15) is 17.9 Å². The van der Waals surface area contributed by atoms with Gasteiger partial charge in [-0.3, -0.25) is 0 Å². The largest absolute Gasteiger partial charge is 0.391 e. The molecule has 2 N–H and O–H groups in total. The summed E-state index contributed by atoms with van der Waals surface area (Å²) in [4.78, 5) is -0.391. The Morgan fingerprint density at radius 1 is 1.35 bits per heavy atom. The van der Waals surface area contributed by atoms with Crippen LogP contribution in [-0.4, -0.2) is 25.7 Å². The van der Waals surface area contributed by atoms with Crippen molar-refractivity contribution in [2.45, 2.75) is 42.7 Å². The van der Waals surface area contributed by atoms with Crippen LogP contribution in [0.15, 0.2) is 23.1 Å². The quantitative estimate of drug-likeness (QED) is 0.879. The molecule has 5 nitrogen and oxygen atoms in total. The van der Waals surface area contributed by atoms with Gasteiger partial charge in [0.1, 0.15) is 22.3 Å². The van der Waals surface area contributed by atoms with Crippen LogP contribution in [0.2, 0.25) is 0 Å². The van der Waals surface area contributed by atoms with Gasteiger partial charge in [-0.1, -0.05) is 18.9 Å². The summed E-state index contributed by atoms with van der Waals surface area (Å²) in [6.07, 6.45) is 1.97. The Labute approximate surface area is 117 Å². The molecular weight excluding hydrogens is 283 g/mol. The number of nitrogens with zero attached hydrogens (tertiary/aromatic N) is 1. The van der Waals surface area contributed by atoms with Gasteiger partial charge in [0.15, 0.2) is 0 Å². The van der Waals surface area contributed by atoms with Crippen LogP contribution >= 0.6 is 0 Å². The Morgan fingerprint density at radius 3 is 2.70 bits per heavy atom. The first-order chi connectivity index (χ1) is 9.45. The SMILES string of the molecule is N#Cc1c(F)cccc1S(=O)(=O)N[C@H]1CCCC[C@@H]1O. The summed E-state index contributed by atoms with van der Waals surface area (Å²) in [6, 6.07) is 4.42. The summed E-state index contributed by atoms with van der Waals surface area (Å²) in [5, 5.41) is 18.7. The molecule has 2 atom stereocenters. The topological polar surface area (TPSA) is 90.2 Å². The zero-order valence-corrected chi connectivity index (χ0v) is 11.5. The lowest BCUT2D eigenvalue weighted by atomic mass is 9.93. The minimum absolute atomic E-state index is 0.391. The zero-order chi connectivity index (χ0) is 14.8.